The standard InChI is InChI=1S/C13H20ClN3O/c1-9-10(14)15-12(13(2,3)4)16-11(9)17-5-7-18-8-6-17/h5-8H2,1-4H3. The molecule has 0 amide bonds. The Bertz CT molecular complexity index is 437. The van der Waals surface area contributed by atoms with Crippen molar-refractivity contribution in [2.45, 2.75) is 33.1 Å². The summed E-state index contributed by atoms with van der Waals surface area (Å²) in [7, 11) is 0. The lowest BCUT2D eigenvalue weighted by Gasteiger charge is -2.30. The van der Waals surface area contributed by atoms with Crippen LogP contribution in [0.3, 0.4) is 0 Å². The van der Waals surface area contributed by atoms with E-state index in [1.54, 1.807) is 0 Å². The maximum Gasteiger partial charge on any atom is 0.137 e. The van der Waals surface area contributed by atoms with Gasteiger partial charge in [0, 0.05) is 24.1 Å². The van der Waals surface area contributed by atoms with E-state index in [4.69, 9.17) is 21.3 Å². The average molecular weight is 270 g/mol. The van der Waals surface area contributed by atoms with Crippen LogP contribution in [-0.4, -0.2) is 36.3 Å². The number of hydrogen-bond acceptors (Lipinski definition) is 4. The van der Waals surface area contributed by atoms with Crippen LogP contribution in [0.1, 0.15) is 32.2 Å². The molecule has 0 unspecified atom stereocenters. The third-order valence-electron chi connectivity index (χ3n) is 3.04. The lowest BCUT2D eigenvalue weighted by molar-refractivity contribution is 0.122. The highest BCUT2D eigenvalue weighted by Crippen LogP contribution is 2.28. The minimum Gasteiger partial charge on any atom is -0.378 e. The zero-order chi connectivity index (χ0) is 13.3. The van der Waals surface area contributed by atoms with Crippen molar-refractivity contribution in [3.05, 3.63) is 16.5 Å². The van der Waals surface area contributed by atoms with Gasteiger partial charge in [0.05, 0.1) is 13.2 Å². The summed E-state index contributed by atoms with van der Waals surface area (Å²) in [6.45, 7) is 11.5. The van der Waals surface area contributed by atoms with Crippen LogP contribution in [0.25, 0.3) is 0 Å². The fourth-order valence-electron chi connectivity index (χ4n) is 1.90. The van der Waals surface area contributed by atoms with Crippen LogP contribution in [0.15, 0.2) is 0 Å². The molecular formula is C13H20ClN3O. The first-order valence-electron chi connectivity index (χ1n) is 6.27. The first kappa shape index (κ1) is 13.6. The Morgan fingerprint density at radius 1 is 1.17 bits per heavy atom. The fourth-order valence-corrected chi connectivity index (χ4v) is 2.06. The van der Waals surface area contributed by atoms with Gasteiger partial charge in [-0.1, -0.05) is 32.4 Å². The number of aromatic nitrogens is 2. The zero-order valence-electron chi connectivity index (χ0n) is 11.5. The Labute approximate surface area is 113 Å². The Balaban J connectivity index is 2.42. The van der Waals surface area contributed by atoms with Crippen LogP contribution in [-0.2, 0) is 10.2 Å². The van der Waals surface area contributed by atoms with Crippen LogP contribution in [0, 0.1) is 6.92 Å². The molecule has 4 nitrogen and oxygen atoms in total. The number of nitrogens with zero attached hydrogens (tertiary/aromatic N) is 3. The van der Waals surface area contributed by atoms with E-state index < -0.39 is 0 Å². The fraction of sp³-hybridized carbons (Fsp3) is 0.692. The van der Waals surface area contributed by atoms with Crippen LogP contribution < -0.4 is 4.90 Å². The summed E-state index contributed by atoms with van der Waals surface area (Å²) in [5.41, 5.74) is 0.852. The highest BCUT2D eigenvalue weighted by Gasteiger charge is 2.23. The smallest absolute Gasteiger partial charge is 0.137 e. The molecule has 2 heterocycles. The molecule has 1 aromatic rings. The summed E-state index contributed by atoms with van der Waals surface area (Å²) in [5, 5.41) is 0.552. The van der Waals surface area contributed by atoms with Gasteiger partial charge in [0.25, 0.3) is 0 Å². The summed E-state index contributed by atoms with van der Waals surface area (Å²) in [6, 6.07) is 0. The lowest BCUT2D eigenvalue weighted by Crippen LogP contribution is -2.37. The van der Waals surface area contributed by atoms with Crippen molar-refractivity contribution in [3.8, 4) is 0 Å². The van der Waals surface area contributed by atoms with Gasteiger partial charge in [-0.2, -0.15) is 0 Å². The second-order valence-electron chi connectivity index (χ2n) is 5.64. The second kappa shape index (κ2) is 5.02. The maximum atomic E-state index is 6.24. The van der Waals surface area contributed by atoms with Crippen molar-refractivity contribution in [2.24, 2.45) is 0 Å². The minimum atomic E-state index is -0.0988. The van der Waals surface area contributed by atoms with Gasteiger partial charge in [0.2, 0.25) is 0 Å². The third-order valence-corrected chi connectivity index (χ3v) is 3.41. The van der Waals surface area contributed by atoms with Crippen LogP contribution >= 0.6 is 11.6 Å². The number of ether oxygens (including phenoxy) is 1. The second-order valence-corrected chi connectivity index (χ2v) is 5.99. The molecule has 1 aromatic heterocycles. The Kier molecular flexibility index (Phi) is 3.78. The summed E-state index contributed by atoms with van der Waals surface area (Å²) in [4.78, 5) is 11.3. The van der Waals surface area contributed by atoms with E-state index in [1.165, 1.54) is 0 Å². The predicted molar refractivity (Wildman–Crippen MR) is 73.5 cm³/mol. The molecular weight excluding hydrogens is 250 g/mol. The van der Waals surface area contributed by atoms with Gasteiger partial charge in [-0.05, 0) is 6.92 Å². The van der Waals surface area contributed by atoms with Crippen molar-refractivity contribution in [3.63, 3.8) is 0 Å². The van der Waals surface area contributed by atoms with E-state index in [0.717, 1.165) is 43.5 Å². The van der Waals surface area contributed by atoms with Crippen molar-refractivity contribution in [1.82, 2.24) is 9.97 Å². The maximum absolute atomic E-state index is 6.24. The molecule has 0 atom stereocenters. The van der Waals surface area contributed by atoms with Gasteiger partial charge in [-0.3, -0.25) is 0 Å². The molecule has 100 valence electrons. The van der Waals surface area contributed by atoms with Crippen LogP contribution in [0.5, 0.6) is 0 Å². The van der Waals surface area contributed by atoms with E-state index in [9.17, 15) is 0 Å². The number of rotatable bonds is 1. The Hall–Kier alpha value is -0.870. The minimum absolute atomic E-state index is 0.0988. The number of halogens is 1. The molecule has 1 fully saturated rings. The van der Waals surface area contributed by atoms with Crippen LogP contribution in [0.2, 0.25) is 5.15 Å². The summed E-state index contributed by atoms with van der Waals surface area (Å²) < 4.78 is 5.37. The average Bonchev–Trinajstić information content (AvgIpc) is 2.32. The molecule has 0 aliphatic carbocycles. The molecule has 2 rings (SSSR count). The molecule has 5 heteroatoms. The molecule has 18 heavy (non-hydrogen) atoms. The van der Waals surface area contributed by atoms with Gasteiger partial charge in [0.1, 0.15) is 16.8 Å². The quantitative estimate of drug-likeness (QED) is 0.735. The van der Waals surface area contributed by atoms with Crippen molar-refractivity contribution >= 4 is 17.4 Å². The third kappa shape index (κ3) is 2.75. The van der Waals surface area contributed by atoms with Gasteiger partial charge >= 0.3 is 0 Å². The molecule has 0 N–H and O–H groups in total. The van der Waals surface area contributed by atoms with Gasteiger partial charge in [0.15, 0.2) is 0 Å². The van der Waals surface area contributed by atoms with Gasteiger partial charge in [-0.25, -0.2) is 9.97 Å². The number of hydrogen-bond donors (Lipinski definition) is 0. The normalized spacial score (nSPS) is 17.1. The number of morpholine rings is 1. The van der Waals surface area contributed by atoms with Crippen molar-refractivity contribution < 1.29 is 4.74 Å². The van der Waals surface area contributed by atoms with E-state index in [-0.39, 0.29) is 5.41 Å². The highest BCUT2D eigenvalue weighted by atomic mass is 35.5. The van der Waals surface area contributed by atoms with E-state index >= 15 is 0 Å². The molecule has 1 saturated heterocycles. The first-order valence-corrected chi connectivity index (χ1v) is 6.64. The zero-order valence-corrected chi connectivity index (χ0v) is 12.2. The Morgan fingerprint density at radius 3 is 2.33 bits per heavy atom. The molecule has 0 saturated carbocycles. The van der Waals surface area contributed by atoms with Gasteiger partial charge in [-0.15, -0.1) is 0 Å². The van der Waals surface area contributed by atoms with E-state index in [2.05, 4.69) is 30.7 Å². The summed E-state index contributed by atoms with van der Waals surface area (Å²) >= 11 is 6.24. The molecule has 0 radical (unpaired) electrons. The topological polar surface area (TPSA) is 38.2 Å². The molecule has 1 aliphatic heterocycles. The first-order chi connectivity index (χ1) is 8.39. The monoisotopic (exact) mass is 269 g/mol. The molecule has 0 aromatic carbocycles. The largest absolute Gasteiger partial charge is 0.378 e. The SMILES string of the molecule is Cc1c(Cl)nc(C(C)(C)C)nc1N1CCOCC1. The van der Waals surface area contributed by atoms with Crippen LogP contribution in [0.4, 0.5) is 5.82 Å². The molecule has 1 aliphatic rings. The predicted octanol–water partition coefficient (Wildman–Crippen LogP) is 2.57. The highest BCUT2D eigenvalue weighted by molar-refractivity contribution is 6.30. The van der Waals surface area contributed by atoms with E-state index in [1.807, 2.05) is 6.92 Å². The van der Waals surface area contributed by atoms with Crippen molar-refractivity contribution in [2.75, 3.05) is 31.2 Å². The molecule has 0 bridgehead atoms. The summed E-state index contributed by atoms with van der Waals surface area (Å²) in [5.74, 6) is 1.74. The lowest BCUT2D eigenvalue weighted by atomic mass is 9.95. The van der Waals surface area contributed by atoms with Crippen molar-refractivity contribution in [1.29, 1.82) is 0 Å². The number of anilines is 1. The summed E-state index contributed by atoms with van der Waals surface area (Å²) in [6.07, 6.45) is 0. The van der Waals surface area contributed by atoms with Gasteiger partial charge < -0.3 is 9.64 Å². The van der Waals surface area contributed by atoms with E-state index in [0.29, 0.717) is 5.15 Å². The Morgan fingerprint density at radius 2 is 1.78 bits per heavy atom. The molecule has 0 spiro atoms.